The summed E-state index contributed by atoms with van der Waals surface area (Å²) in [6.07, 6.45) is -0.668. The number of aliphatic hydroxyl groups excluding tert-OH is 1. The molecule has 0 aliphatic heterocycles. The van der Waals surface area contributed by atoms with Gasteiger partial charge in [-0.15, -0.1) is 0 Å². The summed E-state index contributed by atoms with van der Waals surface area (Å²) in [7, 11) is 1.31. The molecule has 6 nitrogen and oxygen atoms in total. The number of carbonyl (C=O) groups is 2. The Bertz CT molecular complexity index is 323. The molecule has 0 spiro atoms. The molecule has 3 atom stereocenters. The Morgan fingerprint density at radius 3 is 2.39 bits per heavy atom. The van der Waals surface area contributed by atoms with Crippen LogP contribution in [-0.4, -0.2) is 42.0 Å². The number of ether oxygens (including phenoxy) is 2. The van der Waals surface area contributed by atoms with E-state index in [-0.39, 0.29) is 11.9 Å². The maximum atomic E-state index is 11.5. The second-order valence-electron chi connectivity index (χ2n) is 5.51. The Hall–Kier alpha value is -1.30. The highest BCUT2D eigenvalue weighted by Crippen LogP contribution is 2.27. The van der Waals surface area contributed by atoms with Crippen molar-refractivity contribution in [3.63, 3.8) is 0 Å². The third-order valence-corrected chi connectivity index (χ3v) is 2.77. The van der Waals surface area contributed by atoms with E-state index < -0.39 is 23.8 Å². The standard InChI is InChI=1S/C12H21NO5/c1-12(2,3)18-11(16)13-8-5-7(6-9(8)14)10(15)17-4/h7-9,14H,5-6H2,1-4H3,(H,13,16)/t7-,8+,9-/m1/s1. The summed E-state index contributed by atoms with van der Waals surface area (Å²) in [5.41, 5.74) is -0.588. The first-order valence-electron chi connectivity index (χ1n) is 5.98. The number of rotatable bonds is 2. The van der Waals surface area contributed by atoms with Gasteiger partial charge in [-0.05, 0) is 33.6 Å². The van der Waals surface area contributed by atoms with Gasteiger partial charge in [0.15, 0.2) is 0 Å². The number of carbonyl (C=O) groups excluding carboxylic acids is 2. The van der Waals surface area contributed by atoms with Crippen molar-refractivity contribution in [2.75, 3.05) is 7.11 Å². The fraction of sp³-hybridized carbons (Fsp3) is 0.833. The van der Waals surface area contributed by atoms with Crippen LogP contribution in [0, 0.1) is 5.92 Å². The fourth-order valence-corrected chi connectivity index (χ4v) is 1.99. The molecule has 1 aliphatic rings. The molecule has 2 N–H and O–H groups in total. The average molecular weight is 259 g/mol. The van der Waals surface area contributed by atoms with E-state index in [0.717, 1.165) is 0 Å². The fourth-order valence-electron chi connectivity index (χ4n) is 1.99. The summed E-state index contributed by atoms with van der Waals surface area (Å²) in [5.74, 6) is -0.729. The zero-order chi connectivity index (χ0) is 13.9. The number of hydrogen-bond acceptors (Lipinski definition) is 5. The number of methoxy groups -OCH3 is 1. The van der Waals surface area contributed by atoms with E-state index in [1.807, 2.05) is 0 Å². The first kappa shape index (κ1) is 14.8. The Labute approximate surface area is 107 Å². The van der Waals surface area contributed by atoms with Gasteiger partial charge in [0.1, 0.15) is 5.60 Å². The van der Waals surface area contributed by atoms with Gasteiger partial charge in [-0.1, -0.05) is 0 Å². The number of amides is 1. The van der Waals surface area contributed by atoms with Crippen molar-refractivity contribution in [1.29, 1.82) is 0 Å². The lowest BCUT2D eigenvalue weighted by atomic mass is 10.1. The van der Waals surface area contributed by atoms with Crippen LogP contribution in [0.1, 0.15) is 33.6 Å². The molecular formula is C12H21NO5. The molecule has 1 rings (SSSR count). The molecule has 0 aromatic rings. The number of aliphatic hydroxyl groups is 1. The van der Waals surface area contributed by atoms with Crippen LogP contribution in [0.25, 0.3) is 0 Å². The predicted octanol–water partition coefficient (Wildman–Crippen LogP) is 0.824. The van der Waals surface area contributed by atoms with Crippen molar-refractivity contribution in [1.82, 2.24) is 5.32 Å². The molecule has 0 aromatic heterocycles. The van der Waals surface area contributed by atoms with Gasteiger partial charge in [0.25, 0.3) is 0 Å². The van der Waals surface area contributed by atoms with Crippen molar-refractivity contribution in [3.8, 4) is 0 Å². The lowest BCUT2D eigenvalue weighted by Gasteiger charge is -2.22. The van der Waals surface area contributed by atoms with Gasteiger partial charge in [-0.2, -0.15) is 0 Å². The molecule has 1 saturated carbocycles. The van der Waals surface area contributed by atoms with Crippen LogP contribution in [0.5, 0.6) is 0 Å². The minimum Gasteiger partial charge on any atom is -0.469 e. The Morgan fingerprint density at radius 2 is 1.89 bits per heavy atom. The van der Waals surface area contributed by atoms with Crippen molar-refractivity contribution >= 4 is 12.1 Å². The second kappa shape index (κ2) is 5.56. The highest BCUT2D eigenvalue weighted by Gasteiger charge is 2.38. The first-order chi connectivity index (χ1) is 8.23. The number of esters is 1. The summed E-state index contributed by atoms with van der Waals surface area (Å²) < 4.78 is 9.72. The van der Waals surface area contributed by atoms with E-state index >= 15 is 0 Å². The summed E-state index contributed by atoms with van der Waals surface area (Å²) in [4.78, 5) is 22.9. The lowest BCUT2D eigenvalue weighted by molar-refractivity contribution is -0.145. The Balaban J connectivity index is 2.49. The highest BCUT2D eigenvalue weighted by atomic mass is 16.6. The van der Waals surface area contributed by atoms with E-state index in [2.05, 4.69) is 10.1 Å². The van der Waals surface area contributed by atoms with Gasteiger partial charge in [-0.25, -0.2) is 4.79 Å². The Morgan fingerprint density at radius 1 is 1.28 bits per heavy atom. The predicted molar refractivity (Wildman–Crippen MR) is 63.9 cm³/mol. The van der Waals surface area contributed by atoms with Crippen molar-refractivity contribution in [3.05, 3.63) is 0 Å². The molecule has 1 aliphatic carbocycles. The van der Waals surface area contributed by atoms with Crippen LogP contribution in [0.2, 0.25) is 0 Å². The molecular weight excluding hydrogens is 238 g/mol. The number of hydrogen-bond donors (Lipinski definition) is 2. The summed E-state index contributed by atoms with van der Waals surface area (Å²) in [6.45, 7) is 5.28. The summed E-state index contributed by atoms with van der Waals surface area (Å²) in [6, 6.07) is -0.469. The van der Waals surface area contributed by atoms with E-state index in [0.29, 0.717) is 12.8 Å². The SMILES string of the molecule is COC(=O)[C@H]1C[C@@H](O)[C@@H](NC(=O)OC(C)(C)C)C1. The number of nitrogens with one attached hydrogen (secondary N) is 1. The van der Waals surface area contributed by atoms with Gasteiger partial charge in [-0.3, -0.25) is 4.79 Å². The van der Waals surface area contributed by atoms with Crippen LogP contribution in [-0.2, 0) is 14.3 Å². The molecule has 0 aromatic carbocycles. The Kier molecular flexibility index (Phi) is 4.56. The van der Waals surface area contributed by atoms with Crippen molar-refractivity contribution < 1.29 is 24.2 Å². The van der Waals surface area contributed by atoms with Crippen molar-refractivity contribution in [2.24, 2.45) is 5.92 Å². The maximum absolute atomic E-state index is 11.5. The maximum Gasteiger partial charge on any atom is 0.407 e. The zero-order valence-corrected chi connectivity index (χ0v) is 11.2. The molecule has 1 amide bonds. The van der Waals surface area contributed by atoms with Gasteiger partial charge in [0.2, 0.25) is 0 Å². The quantitative estimate of drug-likeness (QED) is 0.717. The first-order valence-corrected chi connectivity index (χ1v) is 5.98. The molecule has 0 saturated heterocycles. The minimum absolute atomic E-state index is 0.299. The van der Waals surface area contributed by atoms with Gasteiger partial charge >= 0.3 is 12.1 Å². The highest BCUT2D eigenvalue weighted by molar-refractivity contribution is 5.73. The molecule has 104 valence electrons. The monoisotopic (exact) mass is 259 g/mol. The third-order valence-electron chi connectivity index (χ3n) is 2.77. The van der Waals surface area contributed by atoms with E-state index in [4.69, 9.17) is 4.74 Å². The summed E-state index contributed by atoms with van der Waals surface area (Å²) in [5, 5.41) is 12.3. The van der Waals surface area contributed by atoms with E-state index in [1.54, 1.807) is 20.8 Å². The minimum atomic E-state index is -0.749. The molecule has 18 heavy (non-hydrogen) atoms. The summed E-state index contributed by atoms with van der Waals surface area (Å²) >= 11 is 0. The van der Waals surface area contributed by atoms with Crippen LogP contribution in [0.4, 0.5) is 4.79 Å². The number of alkyl carbamates (subject to hydrolysis) is 1. The van der Waals surface area contributed by atoms with Crippen LogP contribution in [0.3, 0.4) is 0 Å². The van der Waals surface area contributed by atoms with Crippen LogP contribution in [0.15, 0.2) is 0 Å². The van der Waals surface area contributed by atoms with Gasteiger partial charge in [0, 0.05) is 0 Å². The van der Waals surface area contributed by atoms with Gasteiger partial charge < -0.3 is 19.9 Å². The lowest BCUT2D eigenvalue weighted by Crippen LogP contribution is -2.42. The average Bonchev–Trinajstić information content (AvgIpc) is 2.56. The molecule has 0 bridgehead atoms. The van der Waals surface area contributed by atoms with Crippen LogP contribution < -0.4 is 5.32 Å². The normalized spacial score (nSPS) is 27.7. The third kappa shape index (κ3) is 4.18. The molecule has 6 heteroatoms. The molecule has 0 unspecified atom stereocenters. The second-order valence-corrected chi connectivity index (χ2v) is 5.51. The molecule has 0 heterocycles. The van der Waals surface area contributed by atoms with E-state index in [9.17, 15) is 14.7 Å². The smallest absolute Gasteiger partial charge is 0.407 e. The zero-order valence-electron chi connectivity index (χ0n) is 11.2. The van der Waals surface area contributed by atoms with Crippen molar-refractivity contribution in [2.45, 2.75) is 51.4 Å². The van der Waals surface area contributed by atoms with Gasteiger partial charge in [0.05, 0.1) is 25.2 Å². The molecule has 1 fully saturated rings. The van der Waals surface area contributed by atoms with Crippen LogP contribution >= 0.6 is 0 Å². The van der Waals surface area contributed by atoms with E-state index in [1.165, 1.54) is 7.11 Å². The largest absolute Gasteiger partial charge is 0.469 e. The molecule has 0 radical (unpaired) electrons. The topological polar surface area (TPSA) is 84.9 Å².